The fraction of sp³-hybridized carbons (Fsp3) is 0.231. The third-order valence-electron chi connectivity index (χ3n) is 2.75. The number of amides is 1. The molecule has 0 fully saturated rings. The standard InChI is InChI=1S/C12H15N5O4S.CH4O3S/c13-12(14)16-11(18)8-4-5-21-10-7(6-8)2-1-3-9(10)17-22(15,19)20;1-5(2,3)4/h1-3,6,17H,4-5H2,(H2,15,19,20)(H4,13,14,16,18);1H3,(H,2,3,4). The number of para-hydroxylation sites is 1. The molecule has 1 aliphatic heterocycles. The van der Waals surface area contributed by atoms with Crippen LogP contribution in [-0.4, -0.2) is 46.1 Å². The molecule has 12 nitrogen and oxygen atoms in total. The Balaban J connectivity index is 0.000000646. The molecule has 0 spiro atoms. The van der Waals surface area contributed by atoms with Crippen LogP contribution in [0.2, 0.25) is 0 Å². The fourth-order valence-corrected chi connectivity index (χ4v) is 2.41. The highest BCUT2D eigenvalue weighted by atomic mass is 32.2. The topological polar surface area (TPSA) is 217 Å². The largest absolute Gasteiger partial charge is 0.490 e. The highest BCUT2D eigenvalue weighted by molar-refractivity contribution is 7.90. The molecular weight excluding hydrogens is 402 g/mol. The Morgan fingerprint density at radius 2 is 1.85 bits per heavy atom. The number of hydrogen-bond donors (Lipinski definition) is 5. The number of guanidine groups is 1. The fourth-order valence-electron chi connectivity index (χ4n) is 1.94. The van der Waals surface area contributed by atoms with Gasteiger partial charge in [-0.15, -0.1) is 0 Å². The molecular formula is C13H19N5O7S2. The molecule has 0 saturated carbocycles. The van der Waals surface area contributed by atoms with Gasteiger partial charge in [0.25, 0.3) is 26.2 Å². The van der Waals surface area contributed by atoms with Gasteiger partial charge in [-0.05, 0) is 12.1 Å². The summed E-state index contributed by atoms with van der Waals surface area (Å²) in [5, 5.41) is 4.96. The number of rotatable bonds is 3. The van der Waals surface area contributed by atoms with Gasteiger partial charge in [-0.1, -0.05) is 12.1 Å². The van der Waals surface area contributed by atoms with E-state index in [0.717, 1.165) is 0 Å². The summed E-state index contributed by atoms with van der Waals surface area (Å²) < 4.78 is 55.9. The first-order chi connectivity index (χ1) is 12.3. The molecule has 0 unspecified atom stereocenters. The van der Waals surface area contributed by atoms with E-state index in [9.17, 15) is 21.6 Å². The lowest BCUT2D eigenvalue weighted by atomic mass is 10.1. The average Bonchev–Trinajstić information content (AvgIpc) is 2.66. The summed E-state index contributed by atoms with van der Waals surface area (Å²) >= 11 is 0. The van der Waals surface area contributed by atoms with E-state index < -0.39 is 26.2 Å². The van der Waals surface area contributed by atoms with E-state index in [-0.39, 0.29) is 30.4 Å². The maximum Gasteiger partial charge on any atom is 0.296 e. The molecule has 1 aromatic carbocycles. The third-order valence-corrected chi connectivity index (χ3v) is 3.26. The van der Waals surface area contributed by atoms with Crippen molar-refractivity contribution in [2.24, 2.45) is 21.6 Å². The lowest BCUT2D eigenvalue weighted by Gasteiger charge is -2.12. The zero-order chi connectivity index (χ0) is 20.8. The number of aliphatic imine (C=N–C) groups is 1. The third kappa shape index (κ3) is 9.00. The quantitative estimate of drug-likeness (QED) is 0.224. The molecule has 0 saturated heterocycles. The van der Waals surface area contributed by atoms with Gasteiger partial charge in [0.05, 0.1) is 18.6 Å². The van der Waals surface area contributed by atoms with Crippen LogP contribution < -0.4 is 26.1 Å². The molecule has 0 radical (unpaired) electrons. The summed E-state index contributed by atoms with van der Waals surface area (Å²) in [7, 11) is -7.61. The van der Waals surface area contributed by atoms with Crippen LogP contribution in [0, 0.1) is 0 Å². The van der Waals surface area contributed by atoms with Crippen molar-refractivity contribution in [2.45, 2.75) is 6.42 Å². The number of nitrogens with two attached hydrogens (primary N) is 3. The smallest absolute Gasteiger partial charge is 0.296 e. The summed E-state index contributed by atoms with van der Waals surface area (Å²) in [5.41, 5.74) is 11.4. The van der Waals surface area contributed by atoms with Gasteiger partial charge >= 0.3 is 0 Å². The Kier molecular flexibility index (Phi) is 7.29. The molecule has 0 bridgehead atoms. The summed E-state index contributed by atoms with van der Waals surface area (Å²) in [6.07, 6.45) is 2.54. The number of nitrogens with one attached hydrogen (secondary N) is 1. The Morgan fingerprint density at radius 3 is 2.37 bits per heavy atom. The SMILES string of the molecule is CS(=O)(=O)O.NC(N)=NC(=O)C1=Cc2cccc(NS(N)(=O)=O)c2OCC1. The minimum atomic E-state index is -3.94. The van der Waals surface area contributed by atoms with Crippen LogP contribution in [0.5, 0.6) is 5.75 Å². The minimum Gasteiger partial charge on any atom is -0.490 e. The number of benzene rings is 1. The van der Waals surface area contributed by atoms with Gasteiger partial charge in [-0.3, -0.25) is 14.1 Å². The predicted molar refractivity (Wildman–Crippen MR) is 99.6 cm³/mol. The minimum absolute atomic E-state index is 0.161. The van der Waals surface area contributed by atoms with E-state index in [1.54, 1.807) is 18.2 Å². The maximum absolute atomic E-state index is 11.9. The molecule has 1 aliphatic rings. The number of anilines is 1. The van der Waals surface area contributed by atoms with Gasteiger partial charge < -0.3 is 16.2 Å². The van der Waals surface area contributed by atoms with Crippen LogP contribution in [0.1, 0.15) is 12.0 Å². The van der Waals surface area contributed by atoms with Crippen LogP contribution >= 0.6 is 0 Å². The normalized spacial score (nSPS) is 13.5. The molecule has 1 heterocycles. The Labute approximate surface area is 156 Å². The van der Waals surface area contributed by atoms with Crippen molar-refractivity contribution in [2.75, 3.05) is 17.6 Å². The Morgan fingerprint density at radius 1 is 1.26 bits per heavy atom. The van der Waals surface area contributed by atoms with Crippen molar-refractivity contribution >= 4 is 44.0 Å². The molecule has 0 aliphatic carbocycles. The molecule has 27 heavy (non-hydrogen) atoms. The van der Waals surface area contributed by atoms with Crippen LogP contribution in [0.15, 0.2) is 28.8 Å². The lowest BCUT2D eigenvalue weighted by Crippen LogP contribution is -2.24. The average molecular weight is 421 g/mol. The molecule has 2 rings (SSSR count). The highest BCUT2D eigenvalue weighted by Crippen LogP contribution is 2.33. The van der Waals surface area contributed by atoms with Crippen LogP contribution in [0.4, 0.5) is 5.69 Å². The number of fused-ring (bicyclic) bond motifs is 1. The van der Waals surface area contributed by atoms with E-state index in [1.807, 2.05) is 0 Å². The Hall–Kier alpha value is -2.68. The monoisotopic (exact) mass is 421 g/mol. The van der Waals surface area contributed by atoms with Gasteiger partial charge in [-0.2, -0.15) is 21.8 Å². The van der Waals surface area contributed by atoms with E-state index in [2.05, 4.69) is 9.71 Å². The zero-order valence-corrected chi connectivity index (χ0v) is 15.7. The molecule has 0 atom stereocenters. The molecule has 14 heteroatoms. The first kappa shape index (κ1) is 22.4. The first-order valence-electron chi connectivity index (χ1n) is 7.09. The van der Waals surface area contributed by atoms with Gasteiger partial charge in [0, 0.05) is 17.6 Å². The summed E-state index contributed by atoms with van der Waals surface area (Å²) in [5.74, 6) is -0.619. The molecule has 1 aromatic rings. The van der Waals surface area contributed by atoms with E-state index in [0.29, 0.717) is 17.4 Å². The summed E-state index contributed by atoms with van der Waals surface area (Å²) in [4.78, 5) is 15.4. The number of hydrogen-bond acceptors (Lipinski definition) is 6. The molecule has 8 N–H and O–H groups in total. The summed E-state index contributed by atoms with van der Waals surface area (Å²) in [6.45, 7) is 0.161. The van der Waals surface area contributed by atoms with Crippen molar-refractivity contribution in [1.82, 2.24) is 0 Å². The van der Waals surface area contributed by atoms with Crippen molar-refractivity contribution in [3.05, 3.63) is 29.3 Å². The van der Waals surface area contributed by atoms with E-state index in [4.69, 9.17) is 25.9 Å². The van der Waals surface area contributed by atoms with Gasteiger partial charge in [0.1, 0.15) is 0 Å². The number of carbonyl (C=O) groups excluding carboxylic acids is 1. The second-order valence-corrected chi connectivity index (χ2v) is 7.97. The van der Waals surface area contributed by atoms with E-state index in [1.165, 1.54) is 6.07 Å². The maximum atomic E-state index is 11.9. The Bertz CT molecular complexity index is 972. The van der Waals surface area contributed by atoms with E-state index >= 15 is 0 Å². The van der Waals surface area contributed by atoms with Crippen molar-refractivity contribution in [1.29, 1.82) is 0 Å². The number of nitrogens with zero attached hydrogens (tertiary/aromatic N) is 1. The second kappa shape index (κ2) is 8.81. The lowest BCUT2D eigenvalue weighted by molar-refractivity contribution is -0.114. The molecule has 0 aromatic heterocycles. The highest BCUT2D eigenvalue weighted by Gasteiger charge is 2.18. The molecule has 150 valence electrons. The number of carbonyl (C=O) groups is 1. The molecule has 1 amide bonds. The van der Waals surface area contributed by atoms with Crippen molar-refractivity contribution < 1.29 is 30.9 Å². The number of ether oxygens (including phenoxy) is 1. The predicted octanol–water partition coefficient (Wildman–Crippen LogP) is -1.23. The van der Waals surface area contributed by atoms with Crippen molar-refractivity contribution in [3.8, 4) is 5.75 Å². The van der Waals surface area contributed by atoms with Crippen LogP contribution in [0.25, 0.3) is 6.08 Å². The van der Waals surface area contributed by atoms with Gasteiger partial charge in [0.15, 0.2) is 11.7 Å². The second-order valence-electron chi connectivity index (χ2n) is 5.21. The van der Waals surface area contributed by atoms with Crippen LogP contribution in [0.3, 0.4) is 0 Å². The first-order valence-corrected chi connectivity index (χ1v) is 10.5. The van der Waals surface area contributed by atoms with Crippen molar-refractivity contribution in [3.63, 3.8) is 0 Å². The van der Waals surface area contributed by atoms with Gasteiger partial charge in [0.2, 0.25) is 0 Å². The van der Waals surface area contributed by atoms with Crippen LogP contribution in [-0.2, 0) is 25.1 Å². The summed E-state index contributed by atoms with van der Waals surface area (Å²) in [6, 6.07) is 4.76. The zero-order valence-electron chi connectivity index (χ0n) is 14.1. The van der Waals surface area contributed by atoms with Gasteiger partial charge in [-0.25, -0.2) is 5.14 Å².